The van der Waals surface area contributed by atoms with Gasteiger partial charge < -0.3 is 0 Å². The highest BCUT2D eigenvalue weighted by Crippen LogP contribution is 2.05. The van der Waals surface area contributed by atoms with Gasteiger partial charge in [-0.05, 0) is 22.9 Å². The molecule has 8 heavy (non-hydrogen) atoms. The number of rotatable bonds is 1. The van der Waals surface area contributed by atoms with Crippen LogP contribution in [0.5, 0.6) is 0 Å². The second-order valence-electron chi connectivity index (χ2n) is 1.51. The Morgan fingerprint density at radius 3 is 2.88 bits per heavy atom. The largest absolute Gasteiger partial charge is 0.272 e. The maximum atomic E-state index is 4.00. The van der Waals surface area contributed by atoms with Crippen molar-refractivity contribution in [2.75, 3.05) is 0 Å². The zero-order valence-corrected chi connectivity index (χ0v) is 6.22. The van der Waals surface area contributed by atoms with E-state index >= 15 is 0 Å². The molecule has 0 bridgehead atoms. The van der Waals surface area contributed by atoms with Crippen molar-refractivity contribution in [2.24, 2.45) is 0 Å². The Balaban J connectivity index is 2.84. The summed E-state index contributed by atoms with van der Waals surface area (Å²) in [6.07, 6.45) is 3.73. The molecular weight excluding hydrogens is 168 g/mol. The van der Waals surface area contributed by atoms with Gasteiger partial charge in [-0.1, -0.05) is 0 Å². The Hall–Kier alpha value is -0.310. The summed E-state index contributed by atoms with van der Waals surface area (Å²) in [5.41, 5.74) is 0. The third-order valence-electron chi connectivity index (χ3n) is 0.926. The Kier molecular flexibility index (Phi) is 1.68. The first-order valence-electron chi connectivity index (χ1n) is 2.51. The van der Waals surface area contributed by atoms with Crippen molar-refractivity contribution in [3.63, 3.8) is 0 Å². The average molecular weight is 175 g/mol. The molecule has 1 aromatic heterocycles. The topological polar surface area (TPSA) is 17.8 Å². The Morgan fingerprint density at radius 2 is 2.62 bits per heavy atom. The van der Waals surface area contributed by atoms with Gasteiger partial charge in [0.05, 0.1) is 10.7 Å². The Labute approximate surface area is 56.6 Å². The summed E-state index contributed by atoms with van der Waals surface area (Å²) >= 11 is 3.29. The SMILES string of the molecule is CCn1cc(Br)cn1. The lowest BCUT2D eigenvalue weighted by atomic mass is 10.7. The molecule has 0 unspecified atom stereocenters. The van der Waals surface area contributed by atoms with E-state index in [2.05, 4.69) is 28.0 Å². The lowest BCUT2D eigenvalue weighted by Crippen LogP contribution is -1.91. The molecule has 1 heterocycles. The maximum Gasteiger partial charge on any atom is 0.0632 e. The molecule has 0 amide bonds. The normalized spacial score (nSPS) is 9.75. The summed E-state index contributed by atoms with van der Waals surface area (Å²) in [5, 5.41) is 4.00. The van der Waals surface area contributed by atoms with E-state index in [1.807, 2.05) is 10.9 Å². The van der Waals surface area contributed by atoms with Crippen LogP contribution in [0.1, 0.15) is 6.92 Å². The van der Waals surface area contributed by atoms with Gasteiger partial charge in [-0.25, -0.2) is 0 Å². The number of hydrogen-bond acceptors (Lipinski definition) is 1. The van der Waals surface area contributed by atoms with E-state index in [0.717, 1.165) is 11.0 Å². The van der Waals surface area contributed by atoms with Crippen LogP contribution < -0.4 is 0 Å². The van der Waals surface area contributed by atoms with Gasteiger partial charge in [0.2, 0.25) is 0 Å². The molecule has 0 aromatic carbocycles. The minimum Gasteiger partial charge on any atom is -0.272 e. The fourth-order valence-corrected chi connectivity index (χ4v) is 0.839. The van der Waals surface area contributed by atoms with Crippen LogP contribution in [0.3, 0.4) is 0 Å². The molecule has 0 radical (unpaired) electrons. The van der Waals surface area contributed by atoms with E-state index in [1.165, 1.54) is 0 Å². The van der Waals surface area contributed by atoms with Gasteiger partial charge in [0.1, 0.15) is 0 Å². The summed E-state index contributed by atoms with van der Waals surface area (Å²) in [5.74, 6) is 0. The molecule has 0 aliphatic carbocycles. The summed E-state index contributed by atoms with van der Waals surface area (Å²) in [7, 11) is 0. The monoisotopic (exact) mass is 174 g/mol. The van der Waals surface area contributed by atoms with Crippen molar-refractivity contribution in [3.05, 3.63) is 16.9 Å². The van der Waals surface area contributed by atoms with Gasteiger partial charge in [-0.15, -0.1) is 0 Å². The zero-order chi connectivity index (χ0) is 5.98. The third kappa shape index (κ3) is 1.10. The number of halogens is 1. The smallest absolute Gasteiger partial charge is 0.0632 e. The van der Waals surface area contributed by atoms with Crippen LogP contribution in [0, 0.1) is 0 Å². The lowest BCUT2D eigenvalue weighted by Gasteiger charge is -1.88. The van der Waals surface area contributed by atoms with Crippen LogP contribution in [0.25, 0.3) is 0 Å². The van der Waals surface area contributed by atoms with Gasteiger partial charge in [0.15, 0.2) is 0 Å². The molecule has 1 aromatic rings. The predicted molar refractivity (Wildman–Crippen MR) is 35.6 cm³/mol. The third-order valence-corrected chi connectivity index (χ3v) is 1.34. The van der Waals surface area contributed by atoms with Gasteiger partial charge in [-0.3, -0.25) is 4.68 Å². The van der Waals surface area contributed by atoms with E-state index in [-0.39, 0.29) is 0 Å². The van der Waals surface area contributed by atoms with E-state index < -0.39 is 0 Å². The second-order valence-corrected chi connectivity index (χ2v) is 2.43. The fraction of sp³-hybridized carbons (Fsp3) is 0.400. The molecule has 0 N–H and O–H groups in total. The molecule has 1 rings (SSSR count). The molecule has 0 atom stereocenters. The van der Waals surface area contributed by atoms with E-state index in [4.69, 9.17) is 0 Å². The Bertz CT molecular complexity index is 171. The molecule has 0 spiro atoms. The molecule has 0 saturated heterocycles. The molecule has 2 nitrogen and oxygen atoms in total. The highest BCUT2D eigenvalue weighted by Gasteiger charge is 1.87. The van der Waals surface area contributed by atoms with E-state index in [0.29, 0.717) is 0 Å². The molecule has 0 fully saturated rings. The van der Waals surface area contributed by atoms with Crippen molar-refractivity contribution in [3.8, 4) is 0 Å². The number of hydrogen-bond donors (Lipinski definition) is 0. The van der Waals surface area contributed by atoms with Crippen molar-refractivity contribution in [2.45, 2.75) is 13.5 Å². The molecule has 0 aliphatic heterocycles. The maximum absolute atomic E-state index is 4.00. The second kappa shape index (κ2) is 2.31. The number of nitrogens with zero attached hydrogens (tertiary/aromatic N) is 2. The van der Waals surface area contributed by atoms with Crippen LogP contribution in [0.15, 0.2) is 16.9 Å². The van der Waals surface area contributed by atoms with E-state index in [1.54, 1.807) is 6.20 Å². The van der Waals surface area contributed by atoms with Gasteiger partial charge in [-0.2, -0.15) is 5.10 Å². The summed E-state index contributed by atoms with van der Waals surface area (Å²) in [6, 6.07) is 0. The van der Waals surface area contributed by atoms with Crippen LogP contribution in [0.4, 0.5) is 0 Å². The van der Waals surface area contributed by atoms with Crippen LogP contribution in [-0.4, -0.2) is 9.78 Å². The molecule has 3 heteroatoms. The van der Waals surface area contributed by atoms with Gasteiger partial charge in [0, 0.05) is 12.7 Å². The van der Waals surface area contributed by atoms with Crippen LogP contribution in [0.2, 0.25) is 0 Å². The standard InChI is InChI=1S/C5H7BrN2/c1-2-8-4-5(6)3-7-8/h3-4H,2H2,1H3. The number of aromatic nitrogens is 2. The molecule has 44 valence electrons. The average Bonchev–Trinajstić information content (AvgIpc) is 2.14. The fourth-order valence-electron chi connectivity index (χ4n) is 0.511. The van der Waals surface area contributed by atoms with Crippen molar-refractivity contribution < 1.29 is 0 Å². The van der Waals surface area contributed by atoms with Crippen molar-refractivity contribution >= 4 is 15.9 Å². The minimum absolute atomic E-state index is 0.936. The Morgan fingerprint density at radius 1 is 1.88 bits per heavy atom. The van der Waals surface area contributed by atoms with Gasteiger partial charge in [0.25, 0.3) is 0 Å². The van der Waals surface area contributed by atoms with Crippen molar-refractivity contribution in [1.29, 1.82) is 0 Å². The van der Waals surface area contributed by atoms with Crippen LogP contribution in [-0.2, 0) is 6.54 Å². The first-order valence-corrected chi connectivity index (χ1v) is 3.30. The predicted octanol–water partition coefficient (Wildman–Crippen LogP) is 1.67. The number of aryl methyl sites for hydroxylation is 1. The highest BCUT2D eigenvalue weighted by molar-refractivity contribution is 9.10. The summed E-state index contributed by atoms with van der Waals surface area (Å²) < 4.78 is 2.91. The minimum atomic E-state index is 0.936. The first kappa shape index (κ1) is 5.82. The molecular formula is C5H7BrN2. The lowest BCUT2D eigenvalue weighted by molar-refractivity contribution is 0.659. The van der Waals surface area contributed by atoms with E-state index in [9.17, 15) is 0 Å². The van der Waals surface area contributed by atoms with Crippen molar-refractivity contribution in [1.82, 2.24) is 9.78 Å². The molecule has 0 saturated carbocycles. The van der Waals surface area contributed by atoms with Gasteiger partial charge >= 0.3 is 0 Å². The quantitative estimate of drug-likeness (QED) is 0.634. The summed E-state index contributed by atoms with van der Waals surface area (Å²) in [6.45, 7) is 2.99. The highest BCUT2D eigenvalue weighted by atomic mass is 79.9. The zero-order valence-electron chi connectivity index (χ0n) is 4.63. The summed E-state index contributed by atoms with van der Waals surface area (Å²) in [4.78, 5) is 0. The van der Waals surface area contributed by atoms with Crippen LogP contribution >= 0.6 is 15.9 Å². The molecule has 0 aliphatic rings. The first-order chi connectivity index (χ1) is 3.83.